The van der Waals surface area contributed by atoms with Crippen molar-refractivity contribution >= 4 is 22.5 Å². The molecule has 4 nitrogen and oxygen atoms in total. The van der Waals surface area contributed by atoms with Gasteiger partial charge in [-0.3, -0.25) is 0 Å². The first-order valence-corrected chi connectivity index (χ1v) is 7.19. The highest BCUT2D eigenvalue weighted by Gasteiger charge is 2.19. The van der Waals surface area contributed by atoms with E-state index in [1.807, 2.05) is 0 Å². The van der Waals surface area contributed by atoms with Gasteiger partial charge in [-0.05, 0) is 30.0 Å². The monoisotopic (exact) mass is 294 g/mol. The summed E-state index contributed by atoms with van der Waals surface area (Å²) in [7, 11) is 0. The molecule has 0 bridgehead atoms. The number of nitriles is 1. The van der Waals surface area contributed by atoms with Gasteiger partial charge in [-0.25, -0.2) is 9.97 Å². The molecule has 0 fully saturated rings. The van der Waals surface area contributed by atoms with Crippen LogP contribution in [0.4, 0.5) is 0 Å². The largest absolute Gasteiger partial charge is 0.347 e. The van der Waals surface area contributed by atoms with Crippen molar-refractivity contribution in [2.24, 2.45) is 0 Å². The van der Waals surface area contributed by atoms with Gasteiger partial charge in [-0.15, -0.1) is 0 Å². The lowest BCUT2D eigenvalue weighted by atomic mass is 10.0. The second kappa shape index (κ2) is 4.57. The molecule has 0 N–H and O–H groups in total. The van der Waals surface area contributed by atoms with Crippen molar-refractivity contribution in [1.29, 1.82) is 5.26 Å². The average Bonchev–Trinajstić information content (AvgIpc) is 2.89. The average molecular weight is 295 g/mol. The zero-order valence-corrected chi connectivity index (χ0v) is 11.9. The molecule has 1 aliphatic heterocycles. The summed E-state index contributed by atoms with van der Waals surface area (Å²) in [5.41, 5.74) is 4.61. The second-order valence-electron chi connectivity index (χ2n) is 5.17. The zero-order valence-electron chi connectivity index (χ0n) is 11.2. The molecule has 5 heteroatoms. The topological polar surface area (TPSA) is 54.5 Å². The quantitative estimate of drug-likeness (QED) is 0.645. The third-order valence-electron chi connectivity index (χ3n) is 3.96. The lowest BCUT2D eigenvalue weighted by Gasteiger charge is -2.14. The van der Waals surface area contributed by atoms with E-state index in [0.717, 1.165) is 30.3 Å². The Labute approximate surface area is 126 Å². The summed E-state index contributed by atoms with van der Waals surface area (Å²) in [4.78, 5) is 8.18. The second-order valence-corrected chi connectivity index (χ2v) is 5.50. The highest BCUT2D eigenvalue weighted by molar-refractivity contribution is 6.28. The van der Waals surface area contributed by atoms with Gasteiger partial charge in [0.1, 0.15) is 6.07 Å². The molecule has 3 heterocycles. The van der Waals surface area contributed by atoms with E-state index in [2.05, 4.69) is 45.0 Å². The SMILES string of the molecule is N#Cc1cnc(Cl)nc1-c1cn2c3c(cccc13)CCC2. The number of aryl methyl sites for hydroxylation is 2. The van der Waals surface area contributed by atoms with Crippen LogP contribution < -0.4 is 0 Å². The summed E-state index contributed by atoms with van der Waals surface area (Å²) >= 11 is 5.92. The van der Waals surface area contributed by atoms with Crippen molar-refractivity contribution in [1.82, 2.24) is 14.5 Å². The molecule has 0 atom stereocenters. The Balaban J connectivity index is 2.08. The molecular formula is C16H11ClN4. The fraction of sp³-hybridized carbons (Fsp3) is 0.188. The Kier molecular flexibility index (Phi) is 2.69. The molecule has 3 aromatic rings. The summed E-state index contributed by atoms with van der Waals surface area (Å²) in [5, 5.41) is 10.6. The van der Waals surface area contributed by atoms with Gasteiger partial charge in [0, 0.05) is 23.7 Å². The number of benzene rings is 1. The van der Waals surface area contributed by atoms with Gasteiger partial charge < -0.3 is 4.57 Å². The minimum absolute atomic E-state index is 0.163. The van der Waals surface area contributed by atoms with Gasteiger partial charge in [0.25, 0.3) is 0 Å². The van der Waals surface area contributed by atoms with Crippen molar-refractivity contribution in [3.05, 3.63) is 47.0 Å². The third-order valence-corrected chi connectivity index (χ3v) is 4.14. The number of para-hydroxylation sites is 1. The maximum absolute atomic E-state index is 9.29. The predicted octanol–water partition coefficient (Wildman–Crippen LogP) is 3.57. The lowest BCUT2D eigenvalue weighted by Crippen LogP contribution is -2.05. The van der Waals surface area contributed by atoms with Crippen LogP contribution in [0.2, 0.25) is 5.28 Å². The van der Waals surface area contributed by atoms with Crippen molar-refractivity contribution in [2.45, 2.75) is 19.4 Å². The lowest BCUT2D eigenvalue weighted by molar-refractivity contribution is 0.636. The molecule has 2 aromatic heterocycles. The summed E-state index contributed by atoms with van der Waals surface area (Å²) in [6.45, 7) is 0.994. The number of hydrogen-bond donors (Lipinski definition) is 0. The van der Waals surface area contributed by atoms with E-state index >= 15 is 0 Å². The molecule has 0 saturated carbocycles. The van der Waals surface area contributed by atoms with Crippen LogP contribution in [0.1, 0.15) is 17.5 Å². The minimum atomic E-state index is 0.163. The van der Waals surface area contributed by atoms with E-state index in [9.17, 15) is 5.26 Å². The molecular weight excluding hydrogens is 284 g/mol. The van der Waals surface area contributed by atoms with E-state index in [4.69, 9.17) is 11.6 Å². The van der Waals surface area contributed by atoms with Crippen LogP contribution in [-0.2, 0) is 13.0 Å². The van der Waals surface area contributed by atoms with Crippen molar-refractivity contribution in [2.75, 3.05) is 0 Å². The first-order valence-electron chi connectivity index (χ1n) is 6.81. The first kappa shape index (κ1) is 12.4. The minimum Gasteiger partial charge on any atom is -0.347 e. The molecule has 0 spiro atoms. The highest BCUT2D eigenvalue weighted by Crippen LogP contribution is 2.35. The normalized spacial score (nSPS) is 13.3. The van der Waals surface area contributed by atoms with Gasteiger partial charge in [0.15, 0.2) is 0 Å². The van der Waals surface area contributed by atoms with Crippen molar-refractivity contribution in [3.63, 3.8) is 0 Å². The van der Waals surface area contributed by atoms with Crippen LogP contribution >= 0.6 is 11.6 Å². The summed E-state index contributed by atoms with van der Waals surface area (Å²) in [6, 6.07) is 8.45. The van der Waals surface area contributed by atoms with Crippen LogP contribution in [-0.4, -0.2) is 14.5 Å². The van der Waals surface area contributed by atoms with Gasteiger partial charge in [-0.2, -0.15) is 5.26 Å². The Morgan fingerprint density at radius 3 is 3.10 bits per heavy atom. The molecule has 0 amide bonds. The van der Waals surface area contributed by atoms with Gasteiger partial charge >= 0.3 is 0 Å². The molecule has 0 aliphatic carbocycles. The summed E-state index contributed by atoms with van der Waals surface area (Å²) < 4.78 is 2.25. The van der Waals surface area contributed by atoms with E-state index in [-0.39, 0.29) is 5.28 Å². The highest BCUT2D eigenvalue weighted by atomic mass is 35.5. The Morgan fingerprint density at radius 1 is 1.33 bits per heavy atom. The van der Waals surface area contributed by atoms with Crippen LogP contribution in [0.5, 0.6) is 0 Å². The summed E-state index contributed by atoms with van der Waals surface area (Å²) in [5.74, 6) is 0. The molecule has 1 aliphatic rings. The maximum Gasteiger partial charge on any atom is 0.222 e. The predicted molar refractivity (Wildman–Crippen MR) is 81.0 cm³/mol. The summed E-state index contributed by atoms with van der Waals surface area (Å²) in [6.07, 6.45) is 5.79. The van der Waals surface area contributed by atoms with Crippen LogP contribution in [0.3, 0.4) is 0 Å². The van der Waals surface area contributed by atoms with Crippen LogP contribution in [0, 0.1) is 11.3 Å². The molecule has 1 aromatic carbocycles. The molecule has 0 radical (unpaired) electrons. The molecule has 0 saturated heterocycles. The Hall–Kier alpha value is -2.38. The van der Waals surface area contributed by atoms with Gasteiger partial charge in [-0.1, -0.05) is 18.2 Å². The fourth-order valence-corrected chi connectivity index (χ4v) is 3.23. The maximum atomic E-state index is 9.29. The van der Waals surface area contributed by atoms with Crippen LogP contribution in [0.25, 0.3) is 22.2 Å². The number of rotatable bonds is 1. The third kappa shape index (κ3) is 1.82. The number of aromatic nitrogens is 3. The van der Waals surface area contributed by atoms with E-state index in [1.165, 1.54) is 17.3 Å². The first-order chi connectivity index (χ1) is 10.3. The number of halogens is 1. The number of nitrogens with zero attached hydrogens (tertiary/aromatic N) is 4. The Morgan fingerprint density at radius 2 is 2.24 bits per heavy atom. The van der Waals surface area contributed by atoms with E-state index < -0.39 is 0 Å². The molecule has 21 heavy (non-hydrogen) atoms. The van der Waals surface area contributed by atoms with Crippen molar-refractivity contribution < 1.29 is 0 Å². The van der Waals surface area contributed by atoms with Gasteiger partial charge in [0.05, 0.1) is 23.0 Å². The smallest absolute Gasteiger partial charge is 0.222 e. The molecule has 0 unspecified atom stereocenters. The van der Waals surface area contributed by atoms with Crippen molar-refractivity contribution in [3.8, 4) is 17.3 Å². The zero-order chi connectivity index (χ0) is 14.4. The van der Waals surface area contributed by atoms with Gasteiger partial charge in [0.2, 0.25) is 5.28 Å². The Bertz CT molecular complexity index is 905. The fourth-order valence-electron chi connectivity index (χ4n) is 3.09. The standard InChI is InChI=1S/C16H11ClN4/c17-16-19-8-11(7-18)14(20-16)13-9-21-6-2-4-10-3-1-5-12(13)15(10)21/h1,3,5,8-9H,2,4,6H2. The van der Waals surface area contributed by atoms with E-state index in [1.54, 1.807) is 0 Å². The van der Waals surface area contributed by atoms with E-state index in [0.29, 0.717) is 11.3 Å². The molecule has 4 rings (SSSR count). The van der Waals surface area contributed by atoms with Crippen LogP contribution in [0.15, 0.2) is 30.6 Å². The molecule has 102 valence electrons. The number of hydrogen-bond acceptors (Lipinski definition) is 3.